The van der Waals surface area contributed by atoms with Gasteiger partial charge in [0.05, 0.1) is 0 Å². The summed E-state index contributed by atoms with van der Waals surface area (Å²) < 4.78 is 0. The van der Waals surface area contributed by atoms with Gasteiger partial charge < -0.3 is 4.90 Å². The van der Waals surface area contributed by atoms with Crippen LogP contribution in [-0.4, -0.2) is 18.0 Å². The van der Waals surface area contributed by atoms with Crippen LogP contribution < -0.4 is 0 Å². The van der Waals surface area contributed by atoms with Crippen LogP contribution in [0.5, 0.6) is 0 Å². The molecule has 0 heterocycles. The van der Waals surface area contributed by atoms with E-state index in [0.29, 0.717) is 0 Å². The van der Waals surface area contributed by atoms with E-state index in [1.165, 1.54) is 12.0 Å². The third-order valence-corrected chi connectivity index (χ3v) is 2.49. The molecule has 0 aromatic rings. The SMILES string of the molecule is C=CCN(/C=C/C(C)=C/CCC(C)C)CC=C. The van der Waals surface area contributed by atoms with E-state index in [1.807, 2.05) is 12.2 Å². The molecule has 96 valence electrons. The first-order valence-corrected chi connectivity index (χ1v) is 6.41. The van der Waals surface area contributed by atoms with Crippen molar-refractivity contribution in [1.82, 2.24) is 4.90 Å². The maximum absolute atomic E-state index is 3.75. The summed E-state index contributed by atoms with van der Waals surface area (Å²) in [4.78, 5) is 2.18. The summed E-state index contributed by atoms with van der Waals surface area (Å²) in [5.41, 5.74) is 1.32. The Hall–Kier alpha value is -1.24. The van der Waals surface area contributed by atoms with E-state index in [9.17, 15) is 0 Å². The van der Waals surface area contributed by atoms with E-state index in [-0.39, 0.29) is 0 Å². The average Bonchev–Trinajstić information content (AvgIpc) is 2.26. The van der Waals surface area contributed by atoms with Crippen molar-refractivity contribution in [2.75, 3.05) is 13.1 Å². The van der Waals surface area contributed by atoms with Crippen molar-refractivity contribution in [2.24, 2.45) is 5.92 Å². The van der Waals surface area contributed by atoms with E-state index in [4.69, 9.17) is 0 Å². The first kappa shape index (κ1) is 15.8. The topological polar surface area (TPSA) is 3.24 Å². The summed E-state index contributed by atoms with van der Waals surface area (Å²) in [6, 6.07) is 0. The monoisotopic (exact) mass is 233 g/mol. The summed E-state index contributed by atoms with van der Waals surface area (Å²) in [7, 11) is 0. The van der Waals surface area contributed by atoms with Crippen molar-refractivity contribution in [3.8, 4) is 0 Å². The highest BCUT2D eigenvalue weighted by atomic mass is 15.1. The Morgan fingerprint density at radius 2 is 1.76 bits per heavy atom. The van der Waals surface area contributed by atoms with Crippen LogP contribution >= 0.6 is 0 Å². The van der Waals surface area contributed by atoms with E-state index < -0.39 is 0 Å². The third kappa shape index (κ3) is 9.68. The molecule has 0 aromatic heterocycles. The van der Waals surface area contributed by atoms with Gasteiger partial charge in [-0.1, -0.05) is 37.6 Å². The fourth-order valence-electron chi connectivity index (χ4n) is 1.46. The molecule has 0 amide bonds. The normalized spacial score (nSPS) is 12.1. The Morgan fingerprint density at radius 1 is 1.18 bits per heavy atom. The summed E-state index contributed by atoms with van der Waals surface area (Å²) in [5, 5.41) is 0. The highest BCUT2D eigenvalue weighted by molar-refractivity contribution is 5.15. The van der Waals surface area contributed by atoms with Crippen LogP contribution in [0.2, 0.25) is 0 Å². The summed E-state index contributed by atoms with van der Waals surface area (Å²) in [5.74, 6) is 0.779. The van der Waals surface area contributed by atoms with Crippen LogP contribution in [0.25, 0.3) is 0 Å². The molecule has 0 rings (SSSR count). The van der Waals surface area contributed by atoms with Crippen molar-refractivity contribution in [3.05, 3.63) is 49.2 Å². The van der Waals surface area contributed by atoms with Gasteiger partial charge in [-0.05, 0) is 38.0 Å². The first-order valence-electron chi connectivity index (χ1n) is 6.41. The lowest BCUT2D eigenvalue weighted by atomic mass is 10.1. The minimum absolute atomic E-state index is 0.779. The Bertz CT molecular complexity index is 261. The zero-order valence-corrected chi connectivity index (χ0v) is 11.7. The second kappa shape index (κ2) is 9.95. The number of hydrogen-bond acceptors (Lipinski definition) is 1. The molecule has 1 heteroatoms. The van der Waals surface area contributed by atoms with Crippen molar-refractivity contribution in [3.63, 3.8) is 0 Å². The van der Waals surface area contributed by atoms with Crippen LogP contribution in [-0.2, 0) is 0 Å². The van der Waals surface area contributed by atoms with Crippen molar-refractivity contribution >= 4 is 0 Å². The molecule has 0 fully saturated rings. The average molecular weight is 233 g/mol. The molecular formula is C16H27N. The van der Waals surface area contributed by atoms with Crippen molar-refractivity contribution in [1.29, 1.82) is 0 Å². The molecule has 0 saturated heterocycles. The van der Waals surface area contributed by atoms with Gasteiger partial charge in [0.15, 0.2) is 0 Å². The summed E-state index contributed by atoms with van der Waals surface area (Å²) in [6.45, 7) is 15.9. The second-order valence-corrected chi connectivity index (χ2v) is 4.77. The third-order valence-electron chi connectivity index (χ3n) is 2.49. The molecule has 0 aliphatic carbocycles. The lowest BCUT2D eigenvalue weighted by Crippen LogP contribution is -2.16. The predicted molar refractivity (Wildman–Crippen MR) is 78.9 cm³/mol. The van der Waals surface area contributed by atoms with Gasteiger partial charge in [-0.25, -0.2) is 0 Å². The Labute approximate surface area is 107 Å². The molecule has 0 atom stereocenters. The molecule has 0 spiro atoms. The molecular weight excluding hydrogens is 206 g/mol. The zero-order valence-electron chi connectivity index (χ0n) is 11.7. The molecule has 0 bridgehead atoms. The minimum Gasteiger partial charge on any atom is -0.370 e. The van der Waals surface area contributed by atoms with Crippen LogP contribution in [0.1, 0.15) is 33.6 Å². The molecule has 0 unspecified atom stereocenters. The first-order chi connectivity index (χ1) is 8.10. The fourth-order valence-corrected chi connectivity index (χ4v) is 1.46. The van der Waals surface area contributed by atoms with Gasteiger partial charge in [0.1, 0.15) is 0 Å². The van der Waals surface area contributed by atoms with E-state index >= 15 is 0 Å². The number of rotatable bonds is 9. The van der Waals surface area contributed by atoms with Crippen molar-refractivity contribution in [2.45, 2.75) is 33.6 Å². The van der Waals surface area contributed by atoms with Gasteiger partial charge >= 0.3 is 0 Å². The van der Waals surface area contributed by atoms with Crippen LogP contribution in [0.3, 0.4) is 0 Å². The minimum atomic E-state index is 0.779. The largest absolute Gasteiger partial charge is 0.370 e. The maximum Gasteiger partial charge on any atom is 0.0354 e. The molecule has 0 N–H and O–H groups in total. The van der Waals surface area contributed by atoms with Gasteiger partial charge in [0, 0.05) is 13.1 Å². The number of hydrogen-bond donors (Lipinski definition) is 0. The molecule has 0 radical (unpaired) electrons. The zero-order chi connectivity index (χ0) is 13.1. The lowest BCUT2D eigenvalue weighted by molar-refractivity contribution is 0.462. The van der Waals surface area contributed by atoms with E-state index in [1.54, 1.807) is 0 Å². The molecule has 17 heavy (non-hydrogen) atoms. The van der Waals surface area contributed by atoms with Crippen LogP contribution in [0, 0.1) is 5.92 Å². The van der Waals surface area contributed by atoms with Crippen LogP contribution in [0.4, 0.5) is 0 Å². The van der Waals surface area contributed by atoms with Crippen LogP contribution in [0.15, 0.2) is 49.2 Å². The van der Waals surface area contributed by atoms with Gasteiger partial charge in [0.2, 0.25) is 0 Å². The summed E-state index contributed by atoms with van der Waals surface area (Å²) in [6.07, 6.45) is 12.8. The highest BCUT2D eigenvalue weighted by Gasteiger charge is 1.93. The molecule has 0 aliphatic heterocycles. The molecule has 0 saturated carbocycles. The number of allylic oxidation sites excluding steroid dienone is 3. The summed E-state index contributed by atoms with van der Waals surface area (Å²) >= 11 is 0. The lowest BCUT2D eigenvalue weighted by Gasteiger charge is -2.15. The van der Waals surface area contributed by atoms with E-state index in [0.717, 1.165) is 25.4 Å². The Morgan fingerprint density at radius 3 is 2.24 bits per heavy atom. The maximum atomic E-state index is 3.75. The number of nitrogens with zero attached hydrogens (tertiary/aromatic N) is 1. The quantitative estimate of drug-likeness (QED) is 0.417. The molecule has 1 nitrogen and oxygen atoms in total. The predicted octanol–water partition coefficient (Wildman–Crippen LogP) is 4.56. The second-order valence-electron chi connectivity index (χ2n) is 4.77. The molecule has 0 aromatic carbocycles. The Kier molecular flexibility index (Phi) is 9.22. The van der Waals surface area contributed by atoms with Gasteiger partial charge in [0.25, 0.3) is 0 Å². The smallest absolute Gasteiger partial charge is 0.0354 e. The molecule has 0 aliphatic rings. The standard InChI is InChI=1S/C16H27N/c1-6-12-17(13-7-2)14-11-16(5)10-8-9-15(3)4/h6-7,10-11,14-15H,1-2,8-9,12-13H2,3-5H3/b14-11+,16-10+. The van der Waals surface area contributed by atoms with Gasteiger partial charge in [-0.15, -0.1) is 13.2 Å². The van der Waals surface area contributed by atoms with E-state index in [2.05, 4.69) is 57.2 Å². The Balaban J connectivity index is 4.16. The fraction of sp³-hybridized carbons (Fsp3) is 0.500. The van der Waals surface area contributed by atoms with Crippen molar-refractivity contribution < 1.29 is 0 Å². The van der Waals surface area contributed by atoms with Gasteiger partial charge in [-0.3, -0.25) is 0 Å². The van der Waals surface area contributed by atoms with Gasteiger partial charge in [-0.2, -0.15) is 0 Å². The highest BCUT2D eigenvalue weighted by Crippen LogP contribution is 2.07.